The Morgan fingerprint density at radius 2 is 1.66 bits per heavy atom. The van der Waals surface area contributed by atoms with E-state index in [-0.39, 0.29) is 16.6 Å². The zero-order chi connectivity index (χ0) is 21.4. The Morgan fingerprint density at radius 1 is 1.07 bits per heavy atom. The molecule has 156 valence electrons. The van der Waals surface area contributed by atoms with Crippen LogP contribution in [0.4, 0.5) is 5.69 Å². The van der Waals surface area contributed by atoms with Crippen LogP contribution < -0.4 is 15.4 Å². The molecule has 2 aromatic carbocycles. The number of nitrogens with zero attached hydrogens (tertiary/aromatic N) is 1. The first kappa shape index (κ1) is 23.1. The van der Waals surface area contributed by atoms with E-state index in [4.69, 9.17) is 28.6 Å². The Hall–Kier alpha value is -2.20. The number of carbonyl (C=O) groups excluding carboxylic acids is 1. The predicted molar refractivity (Wildman–Crippen MR) is 118 cm³/mol. The maximum absolute atomic E-state index is 12.5. The second kappa shape index (κ2) is 10.5. The fraction of sp³-hybridized carbons (Fsp3) is 0.263. The molecule has 10 heteroatoms. The molecule has 0 saturated heterocycles. The normalized spacial score (nSPS) is 11.2. The fourth-order valence-electron chi connectivity index (χ4n) is 2.43. The fourth-order valence-corrected chi connectivity index (χ4v) is 4.24. The molecule has 0 aliphatic carbocycles. The molecular formula is C19H22ClN3O4S2. The number of hydrogen-bond acceptors (Lipinski definition) is 5. The summed E-state index contributed by atoms with van der Waals surface area (Å²) >= 11 is 10.9. The van der Waals surface area contributed by atoms with Gasteiger partial charge in [0.2, 0.25) is 10.0 Å². The number of carbonyl (C=O) groups is 1. The van der Waals surface area contributed by atoms with Crippen molar-refractivity contribution in [3.8, 4) is 5.75 Å². The third-order valence-corrected chi connectivity index (χ3v) is 6.41. The van der Waals surface area contributed by atoms with E-state index in [1.165, 1.54) is 16.4 Å². The molecule has 2 rings (SSSR count). The van der Waals surface area contributed by atoms with Gasteiger partial charge in [0.15, 0.2) is 11.7 Å². The van der Waals surface area contributed by atoms with E-state index in [1.807, 2.05) is 0 Å². The molecule has 0 unspecified atom stereocenters. The molecule has 0 heterocycles. The Kier molecular flexibility index (Phi) is 8.39. The van der Waals surface area contributed by atoms with Gasteiger partial charge in [-0.2, -0.15) is 4.31 Å². The maximum atomic E-state index is 12.5. The van der Waals surface area contributed by atoms with E-state index in [0.717, 1.165) is 0 Å². The Labute approximate surface area is 181 Å². The van der Waals surface area contributed by atoms with E-state index in [0.29, 0.717) is 29.5 Å². The van der Waals surface area contributed by atoms with Crippen molar-refractivity contribution in [2.75, 3.05) is 25.0 Å². The van der Waals surface area contributed by atoms with E-state index < -0.39 is 15.9 Å². The molecule has 0 fully saturated rings. The monoisotopic (exact) mass is 455 g/mol. The van der Waals surface area contributed by atoms with Crippen molar-refractivity contribution in [1.29, 1.82) is 0 Å². The lowest BCUT2D eigenvalue weighted by atomic mass is 10.3. The topological polar surface area (TPSA) is 87.7 Å². The molecule has 0 atom stereocenters. The number of anilines is 1. The third kappa shape index (κ3) is 6.67. The number of sulfonamides is 1. The zero-order valence-corrected chi connectivity index (χ0v) is 18.4. The van der Waals surface area contributed by atoms with Crippen LogP contribution in [0.2, 0.25) is 5.02 Å². The molecule has 0 spiro atoms. The Balaban J connectivity index is 1.88. The highest BCUT2D eigenvalue weighted by atomic mass is 35.5. The minimum atomic E-state index is -3.52. The van der Waals surface area contributed by atoms with Gasteiger partial charge in [0, 0.05) is 23.8 Å². The van der Waals surface area contributed by atoms with Crippen molar-refractivity contribution < 1.29 is 17.9 Å². The molecule has 0 saturated carbocycles. The Morgan fingerprint density at radius 3 is 2.21 bits per heavy atom. The van der Waals surface area contributed by atoms with Crippen LogP contribution in [0.25, 0.3) is 0 Å². The molecule has 0 aliphatic heterocycles. The van der Waals surface area contributed by atoms with E-state index in [9.17, 15) is 13.2 Å². The number of nitrogens with one attached hydrogen (secondary N) is 2. The third-order valence-electron chi connectivity index (χ3n) is 3.89. The van der Waals surface area contributed by atoms with Gasteiger partial charge in [-0.3, -0.25) is 10.1 Å². The molecule has 2 aromatic rings. The molecule has 7 nitrogen and oxygen atoms in total. The van der Waals surface area contributed by atoms with Crippen LogP contribution in [0.1, 0.15) is 13.8 Å². The highest BCUT2D eigenvalue weighted by molar-refractivity contribution is 7.89. The average Bonchev–Trinajstić information content (AvgIpc) is 2.68. The molecular weight excluding hydrogens is 434 g/mol. The first-order chi connectivity index (χ1) is 13.8. The van der Waals surface area contributed by atoms with Crippen LogP contribution in [-0.2, 0) is 14.8 Å². The van der Waals surface area contributed by atoms with Crippen molar-refractivity contribution in [3.63, 3.8) is 0 Å². The Bertz CT molecular complexity index is 944. The summed E-state index contributed by atoms with van der Waals surface area (Å²) < 4.78 is 31.7. The van der Waals surface area contributed by atoms with Crippen LogP contribution in [0.15, 0.2) is 53.4 Å². The molecule has 1 amide bonds. The molecule has 0 bridgehead atoms. The van der Waals surface area contributed by atoms with Crippen LogP contribution in [-0.4, -0.2) is 43.4 Å². The minimum Gasteiger partial charge on any atom is -0.484 e. The highest BCUT2D eigenvalue weighted by Gasteiger charge is 2.21. The number of hydrogen-bond donors (Lipinski definition) is 2. The molecule has 0 aliphatic rings. The highest BCUT2D eigenvalue weighted by Crippen LogP contribution is 2.18. The quantitative estimate of drug-likeness (QED) is 0.594. The van der Waals surface area contributed by atoms with E-state index >= 15 is 0 Å². The summed E-state index contributed by atoms with van der Waals surface area (Å²) in [4.78, 5) is 12.1. The minimum absolute atomic E-state index is 0.0778. The van der Waals surface area contributed by atoms with Gasteiger partial charge in [0.1, 0.15) is 5.75 Å². The van der Waals surface area contributed by atoms with Gasteiger partial charge < -0.3 is 10.1 Å². The van der Waals surface area contributed by atoms with E-state index in [1.54, 1.807) is 50.2 Å². The largest absolute Gasteiger partial charge is 0.484 e. The van der Waals surface area contributed by atoms with Gasteiger partial charge in [0.25, 0.3) is 5.91 Å². The van der Waals surface area contributed by atoms with Crippen LogP contribution in [0.3, 0.4) is 0 Å². The maximum Gasteiger partial charge on any atom is 0.264 e. The first-order valence-electron chi connectivity index (χ1n) is 8.85. The molecule has 2 N–H and O–H groups in total. The van der Waals surface area contributed by atoms with Crippen molar-refractivity contribution in [2.45, 2.75) is 18.7 Å². The summed E-state index contributed by atoms with van der Waals surface area (Å²) in [6.45, 7) is 4.15. The average molecular weight is 456 g/mol. The number of benzene rings is 2. The van der Waals surface area contributed by atoms with Crippen molar-refractivity contribution >= 4 is 50.5 Å². The lowest BCUT2D eigenvalue weighted by molar-refractivity contribution is -0.121. The van der Waals surface area contributed by atoms with E-state index in [2.05, 4.69) is 10.6 Å². The number of rotatable bonds is 8. The summed E-state index contributed by atoms with van der Waals surface area (Å²) in [6, 6.07) is 12.8. The molecule has 0 aromatic heterocycles. The number of amides is 1. The summed E-state index contributed by atoms with van der Waals surface area (Å²) in [5.74, 6) is 0.0756. The number of halogens is 1. The zero-order valence-electron chi connectivity index (χ0n) is 16.0. The number of ether oxygens (including phenoxy) is 1. The number of thiocarbonyl (C=S) groups is 1. The van der Waals surface area contributed by atoms with Gasteiger partial charge in [-0.15, -0.1) is 0 Å². The van der Waals surface area contributed by atoms with Crippen LogP contribution >= 0.6 is 23.8 Å². The van der Waals surface area contributed by atoms with Gasteiger partial charge in [-0.25, -0.2) is 8.42 Å². The molecule has 0 radical (unpaired) electrons. The SMILES string of the molecule is CCN(CC)S(=O)(=O)c1ccc(NC(=S)NC(=O)COc2ccc(Cl)cc2)cc1. The lowest BCUT2D eigenvalue weighted by Crippen LogP contribution is -2.37. The second-order valence-corrected chi connectivity index (χ2v) is 8.64. The summed E-state index contributed by atoms with van der Waals surface area (Å²) in [7, 11) is -3.52. The summed E-state index contributed by atoms with van der Waals surface area (Å²) in [6.07, 6.45) is 0. The standard InChI is InChI=1S/C19H22ClN3O4S2/c1-3-23(4-2)29(25,26)17-11-7-15(8-12-17)21-19(28)22-18(24)13-27-16-9-5-14(20)6-10-16/h5-12H,3-4,13H2,1-2H3,(H2,21,22,24,28). The van der Waals surface area contributed by atoms with Gasteiger partial charge in [-0.05, 0) is 60.7 Å². The van der Waals surface area contributed by atoms with Gasteiger partial charge in [-0.1, -0.05) is 25.4 Å². The second-order valence-electron chi connectivity index (χ2n) is 5.86. The van der Waals surface area contributed by atoms with Crippen molar-refractivity contribution in [3.05, 3.63) is 53.6 Å². The summed E-state index contributed by atoms with van der Waals surface area (Å²) in [5.41, 5.74) is 0.549. The van der Waals surface area contributed by atoms with Crippen LogP contribution in [0, 0.1) is 0 Å². The van der Waals surface area contributed by atoms with Crippen molar-refractivity contribution in [1.82, 2.24) is 9.62 Å². The van der Waals surface area contributed by atoms with Crippen molar-refractivity contribution in [2.24, 2.45) is 0 Å². The molecule has 29 heavy (non-hydrogen) atoms. The van der Waals surface area contributed by atoms with Crippen LogP contribution in [0.5, 0.6) is 5.75 Å². The van der Waals surface area contributed by atoms with Gasteiger partial charge >= 0.3 is 0 Å². The summed E-state index contributed by atoms with van der Waals surface area (Å²) in [5, 5.41) is 5.98. The van der Waals surface area contributed by atoms with Gasteiger partial charge in [0.05, 0.1) is 4.90 Å². The predicted octanol–water partition coefficient (Wildman–Crippen LogP) is 3.26. The lowest BCUT2D eigenvalue weighted by Gasteiger charge is -2.18. The first-order valence-corrected chi connectivity index (χ1v) is 11.1. The smallest absolute Gasteiger partial charge is 0.264 e.